The van der Waals surface area contributed by atoms with Gasteiger partial charge in [-0.05, 0) is 86.8 Å². The average molecular weight is 609 g/mol. The lowest BCUT2D eigenvalue weighted by atomic mass is 10.2. The van der Waals surface area contributed by atoms with Gasteiger partial charge in [0.25, 0.3) is 5.56 Å². The number of nitrogens with one attached hydrogen (secondary N) is 3. The fourth-order valence-electron chi connectivity index (χ4n) is 3.89. The first-order valence-corrected chi connectivity index (χ1v) is 13.5. The Hall–Kier alpha value is -4.25. The molecule has 208 valence electrons. The van der Waals surface area contributed by atoms with Crippen LogP contribution in [0.25, 0.3) is 5.69 Å². The Bertz CT molecular complexity index is 1850. The average Bonchev–Trinajstić information content (AvgIpc) is 3.20. The van der Waals surface area contributed by atoms with Crippen molar-refractivity contribution in [1.29, 1.82) is 0 Å². The van der Waals surface area contributed by atoms with Gasteiger partial charge in [0.1, 0.15) is 0 Å². The quantitative estimate of drug-likeness (QED) is 0.159. The van der Waals surface area contributed by atoms with Gasteiger partial charge in [-0.25, -0.2) is 4.68 Å². The largest absolute Gasteiger partial charge is 0.324 e. The summed E-state index contributed by atoms with van der Waals surface area (Å²) in [6.07, 6.45) is 0. The minimum Gasteiger partial charge on any atom is -0.324 e. The summed E-state index contributed by atoms with van der Waals surface area (Å²) in [6, 6.07) is 16.6. The number of hydrogen-bond acceptors (Lipinski definition) is 8. The van der Waals surface area contributed by atoms with E-state index >= 15 is 0 Å². The number of nitrogens with zero attached hydrogens (tertiary/aromatic N) is 6. The molecular weight excluding hydrogens is 585 g/mol. The molecular formula is C28H24Cl3N9O. The number of halogens is 3. The predicted octanol–water partition coefficient (Wildman–Crippen LogP) is 8.45. The van der Waals surface area contributed by atoms with Crippen molar-refractivity contribution in [2.75, 3.05) is 10.6 Å². The highest BCUT2D eigenvalue weighted by Crippen LogP contribution is 2.30. The number of aromatic amines is 1. The maximum absolute atomic E-state index is 13.2. The minimum atomic E-state index is -0.409. The highest BCUT2D eigenvalue weighted by molar-refractivity contribution is 6.35. The molecule has 0 spiro atoms. The van der Waals surface area contributed by atoms with Crippen LogP contribution in [-0.4, -0.2) is 24.7 Å². The first kappa shape index (κ1) is 28.3. The van der Waals surface area contributed by atoms with Gasteiger partial charge in [-0.15, -0.1) is 10.2 Å². The number of aromatic nitrogens is 5. The normalized spacial score (nSPS) is 11.3. The van der Waals surface area contributed by atoms with Crippen LogP contribution in [0.1, 0.15) is 22.4 Å². The molecule has 0 aliphatic heterocycles. The highest BCUT2D eigenvalue weighted by atomic mass is 35.5. The smallest absolute Gasteiger partial charge is 0.299 e. The molecule has 0 bridgehead atoms. The Morgan fingerprint density at radius 3 is 2.12 bits per heavy atom. The monoisotopic (exact) mass is 607 g/mol. The maximum Gasteiger partial charge on any atom is 0.299 e. The van der Waals surface area contributed by atoms with E-state index in [1.807, 2.05) is 57.2 Å². The van der Waals surface area contributed by atoms with Gasteiger partial charge in [0.05, 0.1) is 22.1 Å². The van der Waals surface area contributed by atoms with E-state index in [1.54, 1.807) is 25.1 Å². The highest BCUT2D eigenvalue weighted by Gasteiger charge is 2.16. The van der Waals surface area contributed by atoms with Crippen LogP contribution in [0.4, 0.5) is 34.6 Å². The molecule has 0 saturated carbocycles. The topological polar surface area (TPSA) is 125 Å². The van der Waals surface area contributed by atoms with Gasteiger partial charge in [0.2, 0.25) is 17.2 Å². The zero-order chi connectivity index (χ0) is 29.3. The van der Waals surface area contributed by atoms with E-state index in [9.17, 15) is 4.79 Å². The van der Waals surface area contributed by atoms with E-state index in [0.29, 0.717) is 32.8 Å². The molecule has 0 atom stereocenters. The molecule has 0 radical (unpaired) electrons. The lowest BCUT2D eigenvalue weighted by Crippen LogP contribution is -2.14. The van der Waals surface area contributed by atoms with Crippen molar-refractivity contribution in [3.8, 4) is 5.69 Å². The molecule has 0 fully saturated rings. The molecule has 0 saturated heterocycles. The lowest BCUT2D eigenvalue weighted by Gasteiger charge is -2.09. The van der Waals surface area contributed by atoms with E-state index in [-0.39, 0.29) is 22.9 Å². The number of anilines is 4. The van der Waals surface area contributed by atoms with E-state index < -0.39 is 5.56 Å². The van der Waals surface area contributed by atoms with E-state index in [0.717, 1.165) is 22.4 Å². The van der Waals surface area contributed by atoms with E-state index in [1.165, 1.54) is 4.68 Å². The molecule has 0 unspecified atom stereocenters. The van der Waals surface area contributed by atoms with Crippen molar-refractivity contribution in [3.05, 3.63) is 103 Å². The number of azo groups is 1. The maximum atomic E-state index is 13.2. The standard InChI is InChI=1S/C28H24Cl3N9O/c1-14-5-8-18(9-6-14)32-27-34-26(31)35-28(36-27)33-19-10-7-15(2)22(12-19)37-38-24-17(4)39-40(25(24)41)23-13-20(29)16(3)11-21(23)30/h5-13,39H,1-4H3,(H2,32,33,34,35,36). The fourth-order valence-corrected chi connectivity index (χ4v) is 4.51. The third kappa shape index (κ3) is 6.40. The molecule has 0 aliphatic carbocycles. The molecule has 13 heteroatoms. The molecule has 5 aromatic rings. The van der Waals surface area contributed by atoms with Crippen LogP contribution in [0.15, 0.2) is 69.6 Å². The van der Waals surface area contributed by atoms with Gasteiger partial charge in [0, 0.05) is 16.4 Å². The SMILES string of the molecule is Cc1ccc(Nc2nc(Cl)nc(Nc3ccc(C)c(N=Nc4c(C)[nH]n(-c5cc(Cl)c(C)cc5Cl)c4=O)c3)n2)cc1. The third-order valence-electron chi connectivity index (χ3n) is 6.15. The van der Waals surface area contributed by atoms with Gasteiger partial charge in [-0.2, -0.15) is 15.0 Å². The van der Waals surface area contributed by atoms with Gasteiger partial charge >= 0.3 is 0 Å². The van der Waals surface area contributed by atoms with Crippen molar-refractivity contribution < 1.29 is 0 Å². The second-order valence-electron chi connectivity index (χ2n) is 9.35. The Balaban J connectivity index is 1.39. The molecule has 0 aliphatic rings. The van der Waals surface area contributed by atoms with Crippen LogP contribution in [0.5, 0.6) is 0 Å². The molecule has 3 aromatic carbocycles. The van der Waals surface area contributed by atoms with Crippen LogP contribution in [0, 0.1) is 27.7 Å². The van der Waals surface area contributed by atoms with Crippen LogP contribution in [-0.2, 0) is 0 Å². The van der Waals surface area contributed by atoms with Gasteiger partial charge < -0.3 is 10.6 Å². The molecule has 10 nitrogen and oxygen atoms in total. The zero-order valence-corrected chi connectivity index (χ0v) is 24.7. The van der Waals surface area contributed by atoms with E-state index in [4.69, 9.17) is 34.8 Å². The molecule has 2 aromatic heterocycles. The van der Waals surface area contributed by atoms with Gasteiger partial charge in [0.15, 0.2) is 5.69 Å². The summed E-state index contributed by atoms with van der Waals surface area (Å²) in [6.45, 7) is 7.46. The van der Waals surface area contributed by atoms with Gasteiger partial charge in [-0.3, -0.25) is 9.89 Å². The first-order valence-electron chi connectivity index (χ1n) is 12.4. The number of benzene rings is 3. The zero-order valence-electron chi connectivity index (χ0n) is 22.4. The Morgan fingerprint density at radius 2 is 1.41 bits per heavy atom. The predicted molar refractivity (Wildman–Crippen MR) is 164 cm³/mol. The number of aryl methyl sites for hydroxylation is 4. The van der Waals surface area contributed by atoms with Crippen LogP contribution >= 0.6 is 34.8 Å². The summed E-state index contributed by atoms with van der Waals surface area (Å²) in [5.74, 6) is 0.530. The van der Waals surface area contributed by atoms with Crippen LogP contribution in [0.2, 0.25) is 15.3 Å². The Kier molecular flexibility index (Phi) is 8.07. The molecule has 2 heterocycles. The second kappa shape index (κ2) is 11.7. The number of H-pyrrole nitrogens is 1. The summed E-state index contributed by atoms with van der Waals surface area (Å²) < 4.78 is 1.30. The summed E-state index contributed by atoms with van der Waals surface area (Å²) in [4.78, 5) is 25.9. The molecule has 41 heavy (non-hydrogen) atoms. The van der Waals surface area contributed by atoms with E-state index in [2.05, 4.69) is 40.9 Å². The third-order valence-corrected chi connectivity index (χ3v) is 7.03. The van der Waals surface area contributed by atoms with Crippen molar-refractivity contribution in [3.63, 3.8) is 0 Å². The van der Waals surface area contributed by atoms with Crippen molar-refractivity contribution in [2.24, 2.45) is 10.2 Å². The molecule has 3 N–H and O–H groups in total. The Labute approximate surface area is 250 Å². The number of hydrogen-bond donors (Lipinski definition) is 3. The summed E-state index contributed by atoms with van der Waals surface area (Å²) in [7, 11) is 0. The van der Waals surface area contributed by atoms with Crippen molar-refractivity contribution in [2.45, 2.75) is 27.7 Å². The van der Waals surface area contributed by atoms with Crippen LogP contribution < -0.4 is 16.2 Å². The van der Waals surface area contributed by atoms with Crippen molar-refractivity contribution >= 4 is 69.4 Å². The summed E-state index contributed by atoms with van der Waals surface area (Å²) in [5.41, 5.74) is 5.45. The number of rotatable bonds is 7. The first-order chi connectivity index (χ1) is 19.6. The summed E-state index contributed by atoms with van der Waals surface area (Å²) in [5, 5.41) is 18.8. The van der Waals surface area contributed by atoms with Crippen LogP contribution in [0.3, 0.4) is 0 Å². The fraction of sp³-hybridized carbons (Fsp3) is 0.143. The second-order valence-corrected chi connectivity index (χ2v) is 10.5. The lowest BCUT2D eigenvalue weighted by molar-refractivity contribution is 0.835. The van der Waals surface area contributed by atoms with Gasteiger partial charge in [-0.1, -0.05) is 47.0 Å². The summed E-state index contributed by atoms with van der Waals surface area (Å²) >= 11 is 18.8. The minimum absolute atomic E-state index is 0.0262. The molecule has 5 rings (SSSR count). The molecule has 0 amide bonds. The Morgan fingerprint density at radius 1 is 0.756 bits per heavy atom. The van der Waals surface area contributed by atoms with Crippen molar-refractivity contribution in [1.82, 2.24) is 24.7 Å².